The molecule has 1 aromatic heterocycles. The SMILES string of the molecule is CCOC(=O)c1ccc(Nc2cc(NCc3ccccc3Cl)ncn2)cc1. The highest BCUT2D eigenvalue weighted by molar-refractivity contribution is 6.31. The van der Waals surface area contributed by atoms with E-state index in [1.165, 1.54) is 6.33 Å². The molecule has 2 aromatic carbocycles. The zero-order valence-electron chi connectivity index (χ0n) is 14.8. The van der Waals surface area contributed by atoms with E-state index < -0.39 is 0 Å². The van der Waals surface area contributed by atoms with Crippen molar-refractivity contribution in [1.29, 1.82) is 0 Å². The minimum Gasteiger partial charge on any atom is -0.462 e. The fourth-order valence-corrected chi connectivity index (χ4v) is 2.60. The van der Waals surface area contributed by atoms with Gasteiger partial charge in [-0.15, -0.1) is 0 Å². The summed E-state index contributed by atoms with van der Waals surface area (Å²) in [7, 11) is 0. The Balaban J connectivity index is 1.63. The van der Waals surface area contributed by atoms with Crippen molar-refractivity contribution in [3.8, 4) is 0 Å². The van der Waals surface area contributed by atoms with Crippen molar-refractivity contribution >= 4 is 34.9 Å². The lowest BCUT2D eigenvalue weighted by Gasteiger charge is -2.10. The molecule has 0 aliphatic carbocycles. The summed E-state index contributed by atoms with van der Waals surface area (Å²) < 4.78 is 4.98. The van der Waals surface area contributed by atoms with Crippen molar-refractivity contribution in [3.63, 3.8) is 0 Å². The van der Waals surface area contributed by atoms with E-state index in [9.17, 15) is 4.79 Å². The molecule has 138 valence electrons. The van der Waals surface area contributed by atoms with E-state index >= 15 is 0 Å². The van der Waals surface area contributed by atoms with E-state index in [2.05, 4.69) is 20.6 Å². The Kier molecular flexibility index (Phi) is 6.22. The average molecular weight is 383 g/mol. The summed E-state index contributed by atoms with van der Waals surface area (Å²) in [6, 6.07) is 16.5. The Labute approximate surface area is 162 Å². The normalized spacial score (nSPS) is 10.3. The third kappa shape index (κ3) is 5.18. The number of ether oxygens (including phenoxy) is 1. The minimum atomic E-state index is -0.336. The van der Waals surface area contributed by atoms with Crippen LogP contribution in [0.2, 0.25) is 5.02 Å². The number of halogens is 1. The first-order chi connectivity index (χ1) is 13.2. The zero-order chi connectivity index (χ0) is 19.1. The summed E-state index contributed by atoms with van der Waals surface area (Å²) in [6.07, 6.45) is 1.48. The highest BCUT2D eigenvalue weighted by atomic mass is 35.5. The molecule has 0 aliphatic rings. The first-order valence-corrected chi connectivity index (χ1v) is 8.87. The molecule has 0 fully saturated rings. The molecule has 0 atom stereocenters. The van der Waals surface area contributed by atoms with Gasteiger partial charge in [-0.1, -0.05) is 29.8 Å². The quantitative estimate of drug-likeness (QED) is 0.578. The molecular formula is C20H19ClN4O2. The van der Waals surface area contributed by atoms with E-state index in [0.29, 0.717) is 35.4 Å². The summed E-state index contributed by atoms with van der Waals surface area (Å²) >= 11 is 6.17. The number of rotatable bonds is 7. The zero-order valence-corrected chi connectivity index (χ0v) is 15.5. The van der Waals surface area contributed by atoms with Crippen LogP contribution in [0.5, 0.6) is 0 Å². The van der Waals surface area contributed by atoms with Crippen molar-refractivity contribution in [1.82, 2.24) is 9.97 Å². The summed E-state index contributed by atoms with van der Waals surface area (Å²) in [5, 5.41) is 7.12. The topological polar surface area (TPSA) is 76.1 Å². The Hall–Kier alpha value is -3.12. The van der Waals surface area contributed by atoms with Gasteiger partial charge in [0.15, 0.2) is 0 Å². The van der Waals surface area contributed by atoms with Gasteiger partial charge in [0.05, 0.1) is 12.2 Å². The van der Waals surface area contributed by atoms with Crippen LogP contribution in [0, 0.1) is 0 Å². The first-order valence-electron chi connectivity index (χ1n) is 8.49. The van der Waals surface area contributed by atoms with Gasteiger partial charge >= 0.3 is 5.97 Å². The Morgan fingerprint density at radius 2 is 1.81 bits per heavy atom. The lowest BCUT2D eigenvalue weighted by molar-refractivity contribution is 0.0526. The maximum atomic E-state index is 11.7. The number of anilines is 3. The van der Waals surface area contributed by atoms with Crippen LogP contribution in [0.25, 0.3) is 0 Å². The molecule has 0 aliphatic heterocycles. The highest BCUT2D eigenvalue weighted by Crippen LogP contribution is 2.19. The van der Waals surface area contributed by atoms with Crippen LogP contribution >= 0.6 is 11.6 Å². The van der Waals surface area contributed by atoms with Gasteiger partial charge in [0.1, 0.15) is 18.0 Å². The molecule has 2 N–H and O–H groups in total. The number of carbonyl (C=O) groups excluding carboxylic acids is 1. The van der Waals surface area contributed by atoms with E-state index in [1.54, 1.807) is 37.3 Å². The number of benzene rings is 2. The Bertz CT molecular complexity index is 916. The van der Waals surface area contributed by atoms with Gasteiger partial charge in [-0.25, -0.2) is 14.8 Å². The molecule has 3 rings (SSSR count). The Morgan fingerprint density at radius 1 is 1.07 bits per heavy atom. The molecule has 0 radical (unpaired) electrons. The average Bonchev–Trinajstić information content (AvgIpc) is 2.68. The van der Waals surface area contributed by atoms with Gasteiger partial charge in [0.2, 0.25) is 0 Å². The molecule has 0 saturated carbocycles. The molecular weight excluding hydrogens is 364 g/mol. The first kappa shape index (κ1) is 18.7. The predicted molar refractivity (Wildman–Crippen MR) is 106 cm³/mol. The van der Waals surface area contributed by atoms with Crippen molar-refractivity contribution in [2.45, 2.75) is 13.5 Å². The van der Waals surface area contributed by atoms with Gasteiger partial charge in [-0.3, -0.25) is 0 Å². The van der Waals surface area contributed by atoms with Crippen molar-refractivity contribution in [2.24, 2.45) is 0 Å². The molecule has 0 amide bonds. The lowest BCUT2D eigenvalue weighted by atomic mass is 10.2. The van der Waals surface area contributed by atoms with Crippen LogP contribution < -0.4 is 10.6 Å². The largest absolute Gasteiger partial charge is 0.462 e. The van der Waals surface area contributed by atoms with Gasteiger partial charge in [0, 0.05) is 23.3 Å². The molecule has 0 spiro atoms. The molecule has 27 heavy (non-hydrogen) atoms. The number of aromatic nitrogens is 2. The fraction of sp³-hybridized carbons (Fsp3) is 0.150. The van der Waals surface area contributed by atoms with Crippen LogP contribution in [-0.2, 0) is 11.3 Å². The van der Waals surface area contributed by atoms with Crippen molar-refractivity contribution < 1.29 is 9.53 Å². The molecule has 0 bridgehead atoms. The lowest BCUT2D eigenvalue weighted by Crippen LogP contribution is -2.05. The molecule has 0 saturated heterocycles. The number of carbonyl (C=O) groups is 1. The predicted octanol–water partition coefficient (Wildman–Crippen LogP) is 4.66. The maximum absolute atomic E-state index is 11.7. The second-order valence-electron chi connectivity index (χ2n) is 5.66. The van der Waals surface area contributed by atoms with Crippen LogP contribution in [0.3, 0.4) is 0 Å². The number of nitrogens with one attached hydrogen (secondary N) is 2. The molecule has 6 nitrogen and oxygen atoms in total. The van der Waals surface area contributed by atoms with E-state index in [-0.39, 0.29) is 5.97 Å². The summed E-state index contributed by atoms with van der Waals surface area (Å²) in [5.74, 6) is 0.975. The Morgan fingerprint density at radius 3 is 2.56 bits per heavy atom. The van der Waals surface area contributed by atoms with Crippen LogP contribution in [0.4, 0.5) is 17.3 Å². The van der Waals surface area contributed by atoms with Crippen LogP contribution in [-0.4, -0.2) is 22.5 Å². The third-order valence-electron chi connectivity index (χ3n) is 3.75. The second-order valence-corrected chi connectivity index (χ2v) is 6.06. The maximum Gasteiger partial charge on any atom is 0.338 e. The molecule has 1 heterocycles. The number of nitrogens with zero attached hydrogens (tertiary/aromatic N) is 2. The van der Waals surface area contributed by atoms with Gasteiger partial charge in [0.25, 0.3) is 0 Å². The van der Waals surface area contributed by atoms with Crippen LogP contribution in [0.15, 0.2) is 60.9 Å². The summed E-state index contributed by atoms with van der Waals surface area (Å²) in [5.41, 5.74) is 2.30. The second kappa shape index (κ2) is 9.00. The van der Waals surface area contributed by atoms with Gasteiger partial charge in [-0.05, 0) is 42.8 Å². The summed E-state index contributed by atoms with van der Waals surface area (Å²) in [6.45, 7) is 2.69. The smallest absolute Gasteiger partial charge is 0.338 e. The van der Waals surface area contributed by atoms with Crippen molar-refractivity contribution in [3.05, 3.63) is 77.1 Å². The standard InChI is InChI=1S/C20H19ClN4O2/c1-2-27-20(26)14-7-9-16(10-8-14)25-19-11-18(23-13-24-19)22-12-15-5-3-4-6-17(15)21/h3-11,13H,2,12H2,1H3,(H2,22,23,24,25). The summed E-state index contributed by atoms with van der Waals surface area (Å²) in [4.78, 5) is 20.1. The highest BCUT2D eigenvalue weighted by Gasteiger charge is 2.06. The fourth-order valence-electron chi connectivity index (χ4n) is 2.40. The van der Waals surface area contributed by atoms with E-state index in [1.807, 2.05) is 24.3 Å². The number of esters is 1. The van der Waals surface area contributed by atoms with Crippen LogP contribution in [0.1, 0.15) is 22.8 Å². The number of hydrogen-bond acceptors (Lipinski definition) is 6. The monoisotopic (exact) mass is 382 g/mol. The molecule has 0 unspecified atom stereocenters. The third-order valence-corrected chi connectivity index (χ3v) is 4.12. The van der Waals surface area contributed by atoms with Crippen molar-refractivity contribution in [2.75, 3.05) is 17.2 Å². The minimum absolute atomic E-state index is 0.336. The molecule has 3 aromatic rings. The van der Waals surface area contributed by atoms with Gasteiger partial charge in [-0.2, -0.15) is 0 Å². The van der Waals surface area contributed by atoms with E-state index in [0.717, 1.165) is 11.3 Å². The van der Waals surface area contributed by atoms with E-state index in [4.69, 9.17) is 16.3 Å². The van der Waals surface area contributed by atoms with Gasteiger partial charge < -0.3 is 15.4 Å². The molecule has 7 heteroatoms. The number of hydrogen-bond donors (Lipinski definition) is 2.